The predicted octanol–water partition coefficient (Wildman–Crippen LogP) is 2.84. The van der Waals surface area contributed by atoms with Crippen molar-refractivity contribution in [3.05, 3.63) is 48.5 Å². The quantitative estimate of drug-likeness (QED) is 0.776. The number of benzene rings is 1. The minimum Gasteiger partial charge on any atom is -0.497 e. The first-order valence-corrected chi connectivity index (χ1v) is 5.93. The summed E-state index contributed by atoms with van der Waals surface area (Å²) in [5.41, 5.74) is 0. The standard InChI is InChI=1S/C14H13N3O2/c1-18-11-2-3-13-10(8-11)4-6-15-14(13)16-9-12-5-7-17-19-12/h2-8H,9H2,1H3,(H,15,16). The van der Waals surface area contributed by atoms with Gasteiger partial charge in [-0.05, 0) is 29.7 Å². The van der Waals surface area contributed by atoms with Gasteiger partial charge in [0.1, 0.15) is 11.6 Å². The highest BCUT2D eigenvalue weighted by Gasteiger charge is 2.04. The summed E-state index contributed by atoms with van der Waals surface area (Å²) in [6.45, 7) is 0.554. The van der Waals surface area contributed by atoms with Crippen LogP contribution in [0, 0.1) is 0 Å². The van der Waals surface area contributed by atoms with Crippen molar-refractivity contribution in [2.45, 2.75) is 6.54 Å². The van der Waals surface area contributed by atoms with Gasteiger partial charge in [-0.1, -0.05) is 5.16 Å². The highest BCUT2D eigenvalue weighted by molar-refractivity contribution is 5.92. The molecule has 0 saturated heterocycles. The molecule has 19 heavy (non-hydrogen) atoms. The van der Waals surface area contributed by atoms with Crippen LogP contribution in [0.25, 0.3) is 10.8 Å². The van der Waals surface area contributed by atoms with Gasteiger partial charge in [0.25, 0.3) is 0 Å². The molecule has 96 valence electrons. The highest BCUT2D eigenvalue weighted by atomic mass is 16.5. The Kier molecular flexibility index (Phi) is 3.02. The molecule has 0 atom stereocenters. The van der Waals surface area contributed by atoms with E-state index < -0.39 is 0 Å². The Hall–Kier alpha value is -2.56. The van der Waals surface area contributed by atoms with Crippen LogP contribution < -0.4 is 10.1 Å². The van der Waals surface area contributed by atoms with Crippen molar-refractivity contribution in [3.8, 4) is 5.75 Å². The van der Waals surface area contributed by atoms with Gasteiger partial charge in [0.15, 0.2) is 5.76 Å². The maximum absolute atomic E-state index is 5.22. The van der Waals surface area contributed by atoms with E-state index in [9.17, 15) is 0 Å². The Bertz CT molecular complexity index is 680. The fourth-order valence-electron chi connectivity index (χ4n) is 1.93. The average molecular weight is 255 g/mol. The second-order valence-electron chi connectivity index (χ2n) is 4.08. The molecule has 1 aromatic carbocycles. The number of hydrogen-bond donors (Lipinski definition) is 1. The maximum Gasteiger partial charge on any atom is 0.155 e. The number of methoxy groups -OCH3 is 1. The van der Waals surface area contributed by atoms with Gasteiger partial charge < -0.3 is 14.6 Å². The molecule has 2 aromatic heterocycles. The lowest BCUT2D eigenvalue weighted by Crippen LogP contribution is -2.01. The van der Waals surface area contributed by atoms with Crippen molar-refractivity contribution in [2.75, 3.05) is 12.4 Å². The number of rotatable bonds is 4. The summed E-state index contributed by atoms with van der Waals surface area (Å²) in [7, 11) is 1.66. The fourth-order valence-corrected chi connectivity index (χ4v) is 1.93. The number of fused-ring (bicyclic) bond motifs is 1. The number of anilines is 1. The third-order valence-corrected chi connectivity index (χ3v) is 2.89. The van der Waals surface area contributed by atoms with E-state index in [2.05, 4.69) is 15.5 Å². The van der Waals surface area contributed by atoms with Gasteiger partial charge in [0.05, 0.1) is 19.9 Å². The molecule has 0 fully saturated rings. The van der Waals surface area contributed by atoms with Gasteiger partial charge in [0.2, 0.25) is 0 Å². The first kappa shape index (κ1) is 11.5. The van der Waals surface area contributed by atoms with Crippen LogP contribution in [0.3, 0.4) is 0 Å². The zero-order valence-corrected chi connectivity index (χ0v) is 10.5. The Morgan fingerprint density at radius 3 is 2.95 bits per heavy atom. The third-order valence-electron chi connectivity index (χ3n) is 2.89. The van der Waals surface area contributed by atoms with Crippen molar-refractivity contribution in [2.24, 2.45) is 0 Å². The highest BCUT2D eigenvalue weighted by Crippen LogP contribution is 2.25. The van der Waals surface area contributed by atoms with Crippen molar-refractivity contribution in [3.63, 3.8) is 0 Å². The Balaban J connectivity index is 1.90. The largest absolute Gasteiger partial charge is 0.497 e. The summed E-state index contributed by atoms with van der Waals surface area (Å²) in [4.78, 5) is 4.35. The van der Waals surface area contributed by atoms with Crippen LogP contribution in [-0.4, -0.2) is 17.3 Å². The van der Waals surface area contributed by atoms with Gasteiger partial charge in [0, 0.05) is 17.6 Å². The number of hydrogen-bond acceptors (Lipinski definition) is 5. The molecule has 0 amide bonds. The van der Waals surface area contributed by atoms with Crippen LogP contribution >= 0.6 is 0 Å². The first-order valence-electron chi connectivity index (χ1n) is 5.93. The molecule has 0 radical (unpaired) electrons. The minimum absolute atomic E-state index is 0.554. The summed E-state index contributed by atoms with van der Waals surface area (Å²) >= 11 is 0. The molecular formula is C14H13N3O2. The van der Waals surface area contributed by atoms with E-state index >= 15 is 0 Å². The lowest BCUT2D eigenvalue weighted by atomic mass is 10.1. The molecule has 0 aliphatic rings. The number of ether oxygens (including phenoxy) is 1. The molecule has 3 aromatic rings. The Morgan fingerprint density at radius 1 is 1.21 bits per heavy atom. The van der Waals surface area contributed by atoms with Gasteiger partial charge >= 0.3 is 0 Å². The molecule has 0 spiro atoms. The summed E-state index contributed by atoms with van der Waals surface area (Å²) in [5.74, 6) is 2.42. The number of nitrogens with zero attached hydrogens (tertiary/aromatic N) is 2. The van der Waals surface area contributed by atoms with Gasteiger partial charge in [-0.25, -0.2) is 4.98 Å². The van der Waals surface area contributed by atoms with Gasteiger partial charge in [-0.2, -0.15) is 0 Å². The summed E-state index contributed by atoms with van der Waals surface area (Å²) in [6.07, 6.45) is 3.39. The van der Waals surface area contributed by atoms with Crippen LogP contribution in [0.4, 0.5) is 5.82 Å². The second kappa shape index (κ2) is 4.97. The van der Waals surface area contributed by atoms with Crippen LogP contribution in [0.2, 0.25) is 0 Å². The molecule has 0 aliphatic carbocycles. The third kappa shape index (κ3) is 2.35. The molecule has 5 nitrogen and oxygen atoms in total. The second-order valence-corrected chi connectivity index (χ2v) is 4.08. The minimum atomic E-state index is 0.554. The van der Waals surface area contributed by atoms with Crippen molar-refractivity contribution in [1.29, 1.82) is 0 Å². The maximum atomic E-state index is 5.22. The number of pyridine rings is 1. The van der Waals surface area contributed by atoms with E-state index in [0.717, 1.165) is 28.1 Å². The monoisotopic (exact) mass is 255 g/mol. The summed E-state index contributed by atoms with van der Waals surface area (Å²) in [5, 5.41) is 9.03. The SMILES string of the molecule is COc1ccc2c(NCc3ccno3)nccc2c1. The van der Waals surface area contributed by atoms with Crippen LogP contribution in [0.1, 0.15) is 5.76 Å². The first-order chi connectivity index (χ1) is 9.36. The normalized spacial score (nSPS) is 10.6. The number of aromatic nitrogens is 2. The van der Waals surface area contributed by atoms with E-state index in [0.29, 0.717) is 6.54 Å². The van der Waals surface area contributed by atoms with Crippen LogP contribution in [0.15, 0.2) is 47.2 Å². The molecule has 1 N–H and O–H groups in total. The van der Waals surface area contributed by atoms with Gasteiger partial charge in [-0.15, -0.1) is 0 Å². The van der Waals surface area contributed by atoms with E-state index in [1.165, 1.54) is 0 Å². The van der Waals surface area contributed by atoms with E-state index in [-0.39, 0.29) is 0 Å². The van der Waals surface area contributed by atoms with E-state index in [1.54, 1.807) is 19.5 Å². The summed E-state index contributed by atoms with van der Waals surface area (Å²) in [6, 6.07) is 9.67. The lowest BCUT2D eigenvalue weighted by molar-refractivity contribution is 0.388. The molecule has 0 aliphatic heterocycles. The molecule has 3 rings (SSSR count). The van der Waals surface area contributed by atoms with Crippen molar-refractivity contribution < 1.29 is 9.26 Å². The van der Waals surface area contributed by atoms with Crippen LogP contribution in [0.5, 0.6) is 5.75 Å². The zero-order chi connectivity index (χ0) is 13.1. The number of nitrogens with one attached hydrogen (secondary N) is 1. The smallest absolute Gasteiger partial charge is 0.155 e. The van der Waals surface area contributed by atoms with E-state index in [1.807, 2.05) is 30.3 Å². The van der Waals surface area contributed by atoms with Crippen molar-refractivity contribution >= 4 is 16.6 Å². The molecular weight excluding hydrogens is 242 g/mol. The Labute approximate surface area is 110 Å². The molecule has 0 saturated carbocycles. The van der Waals surface area contributed by atoms with Crippen LogP contribution in [-0.2, 0) is 6.54 Å². The summed E-state index contributed by atoms with van der Waals surface area (Å²) < 4.78 is 10.3. The Morgan fingerprint density at radius 2 is 2.16 bits per heavy atom. The lowest BCUT2D eigenvalue weighted by Gasteiger charge is -2.08. The molecule has 5 heteroatoms. The fraction of sp³-hybridized carbons (Fsp3) is 0.143. The molecule has 0 unspecified atom stereocenters. The van der Waals surface area contributed by atoms with Gasteiger partial charge in [-0.3, -0.25) is 0 Å². The predicted molar refractivity (Wildman–Crippen MR) is 72.1 cm³/mol. The molecule has 0 bridgehead atoms. The molecule has 2 heterocycles. The zero-order valence-electron chi connectivity index (χ0n) is 10.5. The topological polar surface area (TPSA) is 60.2 Å². The average Bonchev–Trinajstić information content (AvgIpc) is 2.97. The van der Waals surface area contributed by atoms with Crippen molar-refractivity contribution in [1.82, 2.24) is 10.1 Å². The van der Waals surface area contributed by atoms with E-state index in [4.69, 9.17) is 9.26 Å².